The van der Waals surface area contributed by atoms with Gasteiger partial charge < -0.3 is 55.9 Å². The average Bonchev–Trinajstić information content (AvgIpc) is 3.44. The van der Waals surface area contributed by atoms with Gasteiger partial charge in [0.1, 0.15) is 28.6 Å². The van der Waals surface area contributed by atoms with Gasteiger partial charge in [0.2, 0.25) is 35.5 Å². The highest BCUT2D eigenvalue weighted by Crippen LogP contribution is 2.33. The quantitative estimate of drug-likeness (QED) is 0.0494. The Bertz CT molecular complexity index is 3540. The van der Waals surface area contributed by atoms with Gasteiger partial charge in [-0.1, -0.05) is 49.6 Å². The molecule has 10 rings (SSSR count). The molecule has 8 aromatic rings. The van der Waals surface area contributed by atoms with Gasteiger partial charge in [0, 0.05) is 84.2 Å². The number of carbonyl (C=O) groups excluding carboxylic acids is 3. The molecule has 22 nitrogen and oxygen atoms in total. The van der Waals surface area contributed by atoms with Crippen LogP contribution in [-0.4, -0.2) is 133 Å². The maximum Gasteiger partial charge on any atom is 0.410 e. The SMILES string of the molecule is C=CC(=O)Nc1ccnc(-c2cccc3cnc(Nc4ccc(NC5CN(C(=O)OC(C)(C)C)C5)nc4OC)nc23)c1.C=CC(=O)Nc1ccnc(-c2cccc3cnc(Nc4ccc(NC5CN(C)C5)nc4OC)nc23)c1. The zero-order valence-electron chi connectivity index (χ0n) is 43.9. The van der Waals surface area contributed by atoms with E-state index in [-0.39, 0.29) is 23.9 Å². The van der Waals surface area contributed by atoms with Crippen LogP contribution in [0.1, 0.15) is 20.8 Å². The number of methoxy groups -OCH3 is 2. The fraction of sp³-hybridized carbons (Fsp3) is 0.232. The summed E-state index contributed by atoms with van der Waals surface area (Å²) in [7, 11) is 5.20. The molecule has 2 fully saturated rings. The number of ether oxygens (including phenoxy) is 3. The van der Waals surface area contributed by atoms with Crippen LogP contribution >= 0.6 is 0 Å². The zero-order valence-corrected chi connectivity index (χ0v) is 43.9. The Morgan fingerprint density at radius 1 is 0.615 bits per heavy atom. The summed E-state index contributed by atoms with van der Waals surface area (Å²) in [6, 6.07) is 26.4. The van der Waals surface area contributed by atoms with Crippen molar-refractivity contribution in [3.05, 3.63) is 135 Å². The minimum atomic E-state index is -0.532. The number of likely N-dealkylation sites (tertiary alicyclic amines) is 2. The smallest absolute Gasteiger partial charge is 0.410 e. The molecule has 6 aromatic heterocycles. The normalized spacial score (nSPS) is 13.4. The Hall–Kier alpha value is -9.83. The minimum absolute atomic E-state index is 0.0491. The van der Waals surface area contributed by atoms with E-state index in [2.05, 4.69) is 86.9 Å². The summed E-state index contributed by atoms with van der Waals surface area (Å²) in [6.45, 7) is 15.5. The van der Waals surface area contributed by atoms with E-state index in [9.17, 15) is 14.4 Å². The van der Waals surface area contributed by atoms with E-state index < -0.39 is 5.60 Å². The predicted octanol–water partition coefficient (Wildman–Crippen LogP) is 8.68. The number of aromatic nitrogens is 8. The van der Waals surface area contributed by atoms with Crippen molar-refractivity contribution >= 4 is 86.0 Å². The lowest BCUT2D eigenvalue weighted by Crippen LogP contribution is -2.58. The van der Waals surface area contributed by atoms with Crippen molar-refractivity contribution in [1.82, 2.24) is 49.7 Å². The first-order valence-corrected chi connectivity index (χ1v) is 24.8. The molecule has 2 aliphatic rings. The maximum atomic E-state index is 12.2. The molecule has 2 saturated heterocycles. The van der Waals surface area contributed by atoms with Gasteiger partial charge >= 0.3 is 6.09 Å². The summed E-state index contributed by atoms with van der Waals surface area (Å²) < 4.78 is 16.5. The van der Waals surface area contributed by atoms with Gasteiger partial charge in [-0.3, -0.25) is 19.6 Å². The third-order valence-corrected chi connectivity index (χ3v) is 12.1. The van der Waals surface area contributed by atoms with Crippen LogP contribution in [0.3, 0.4) is 0 Å². The third-order valence-electron chi connectivity index (χ3n) is 12.1. The number of nitrogens with one attached hydrogen (secondary N) is 6. The van der Waals surface area contributed by atoms with Crippen LogP contribution in [0.4, 0.5) is 51.1 Å². The maximum absolute atomic E-state index is 12.2. The fourth-order valence-corrected chi connectivity index (χ4v) is 8.38. The van der Waals surface area contributed by atoms with E-state index in [1.54, 1.807) is 61.1 Å². The van der Waals surface area contributed by atoms with Gasteiger partial charge in [0.05, 0.1) is 48.7 Å². The molecule has 22 heteroatoms. The van der Waals surface area contributed by atoms with E-state index >= 15 is 0 Å². The van der Waals surface area contributed by atoms with Gasteiger partial charge in [-0.25, -0.2) is 24.7 Å². The summed E-state index contributed by atoms with van der Waals surface area (Å²) in [5.41, 5.74) is 6.20. The highest BCUT2D eigenvalue weighted by Gasteiger charge is 2.34. The topological polar surface area (TPSA) is 261 Å². The molecular formula is C56H58N16O6. The summed E-state index contributed by atoms with van der Waals surface area (Å²) in [5, 5.41) is 20.4. The molecule has 2 aliphatic heterocycles. The van der Waals surface area contributed by atoms with Crippen molar-refractivity contribution in [3.8, 4) is 34.3 Å². The van der Waals surface area contributed by atoms with Crippen molar-refractivity contribution in [3.63, 3.8) is 0 Å². The molecule has 3 amide bonds. The van der Waals surface area contributed by atoms with Crippen LogP contribution in [0.15, 0.2) is 135 Å². The first kappa shape index (κ1) is 53.0. The lowest BCUT2D eigenvalue weighted by molar-refractivity contribution is -0.112. The minimum Gasteiger partial charge on any atom is -0.479 e. The first-order valence-electron chi connectivity index (χ1n) is 24.8. The van der Waals surface area contributed by atoms with Crippen LogP contribution in [0.2, 0.25) is 0 Å². The molecule has 2 aromatic carbocycles. The molecule has 0 bridgehead atoms. The number of para-hydroxylation sites is 2. The molecule has 6 N–H and O–H groups in total. The van der Waals surface area contributed by atoms with E-state index in [1.807, 2.05) is 81.4 Å². The standard InChI is InChI=1S/C30H32N8O4.C26H26N8O2/c1-6-25(39)34-19-12-13-31-23(14-19)21-9-7-8-18-15-32-28(37-26(18)21)35-22-10-11-24(36-27(22)41-5)33-20-16-38(17-20)29(40)42-30(2,3)4;1-4-23(35)30-17-10-11-27-21(12-17)19-7-5-6-16-13-28-26(33-24(16)19)31-20-8-9-22(32-25(20)36-3)29-18-14-34(2)15-18/h6-15,20H,1,16-17H2,2-5H3,(H,33,36)(H,31,34,39)(H,32,35,37);4-13,18H,1,14-15H2,2-3H3,(H,29,32)(H,27,30,35)(H,28,31,33). The number of likely N-dealkylation sites (N-methyl/N-ethyl adjacent to an activating group) is 1. The molecule has 0 aliphatic carbocycles. The predicted molar refractivity (Wildman–Crippen MR) is 301 cm³/mol. The number of anilines is 8. The van der Waals surface area contributed by atoms with E-state index in [0.717, 1.165) is 40.8 Å². The van der Waals surface area contributed by atoms with Gasteiger partial charge in [0.15, 0.2) is 0 Å². The molecule has 398 valence electrons. The average molecular weight is 1050 g/mol. The number of benzene rings is 2. The Kier molecular flexibility index (Phi) is 15.9. The van der Waals surface area contributed by atoms with E-state index in [1.165, 1.54) is 19.3 Å². The molecule has 8 heterocycles. The Balaban J connectivity index is 0.000000192. The number of nitrogens with zero attached hydrogens (tertiary/aromatic N) is 10. The first-order chi connectivity index (χ1) is 37.6. The second-order valence-corrected chi connectivity index (χ2v) is 19.2. The summed E-state index contributed by atoms with van der Waals surface area (Å²) >= 11 is 0. The van der Waals surface area contributed by atoms with Crippen LogP contribution in [-0.2, 0) is 14.3 Å². The molecule has 0 saturated carbocycles. The molecule has 0 atom stereocenters. The number of rotatable bonds is 16. The summed E-state index contributed by atoms with van der Waals surface area (Å²) in [6.07, 6.45) is 8.84. The highest BCUT2D eigenvalue weighted by atomic mass is 16.6. The molecule has 78 heavy (non-hydrogen) atoms. The third kappa shape index (κ3) is 13.0. The fourth-order valence-electron chi connectivity index (χ4n) is 8.38. The Labute approximate surface area is 449 Å². The second-order valence-electron chi connectivity index (χ2n) is 19.2. The Morgan fingerprint density at radius 3 is 1.50 bits per heavy atom. The zero-order chi connectivity index (χ0) is 54.9. The largest absolute Gasteiger partial charge is 0.479 e. The number of amides is 3. The lowest BCUT2D eigenvalue weighted by atomic mass is 10.1. The van der Waals surface area contributed by atoms with Crippen LogP contribution < -0.4 is 41.4 Å². The van der Waals surface area contributed by atoms with Crippen molar-refractivity contribution in [2.24, 2.45) is 0 Å². The number of carbonyl (C=O) groups is 3. The lowest BCUT2D eigenvalue weighted by Gasteiger charge is -2.40. The van der Waals surface area contributed by atoms with Crippen LogP contribution in [0.25, 0.3) is 44.3 Å². The van der Waals surface area contributed by atoms with Gasteiger partial charge in [-0.15, -0.1) is 0 Å². The molecule has 0 unspecified atom stereocenters. The van der Waals surface area contributed by atoms with E-state index in [0.29, 0.717) is 93.8 Å². The van der Waals surface area contributed by atoms with E-state index in [4.69, 9.17) is 24.2 Å². The number of hydrogen-bond acceptors (Lipinski definition) is 19. The number of hydrogen-bond donors (Lipinski definition) is 6. The van der Waals surface area contributed by atoms with Crippen molar-refractivity contribution in [2.45, 2.75) is 38.5 Å². The number of fused-ring (bicyclic) bond motifs is 2. The summed E-state index contributed by atoms with van der Waals surface area (Å²) in [4.78, 5) is 76.1. The van der Waals surface area contributed by atoms with Crippen molar-refractivity contribution in [1.29, 1.82) is 0 Å². The second kappa shape index (κ2) is 23.4. The van der Waals surface area contributed by atoms with Gasteiger partial charge in [-0.05, 0) is 88.5 Å². The molecule has 0 radical (unpaired) electrons. The van der Waals surface area contributed by atoms with Crippen LogP contribution in [0, 0.1) is 0 Å². The van der Waals surface area contributed by atoms with Crippen molar-refractivity contribution in [2.75, 3.05) is 79.3 Å². The van der Waals surface area contributed by atoms with Crippen LogP contribution in [0.5, 0.6) is 11.8 Å². The number of pyridine rings is 4. The van der Waals surface area contributed by atoms with Gasteiger partial charge in [0.25, 0.3) is 0 Å². The highest BCUT2D eigenvalue weighted by molar-refractivity contribution is 6.01. The summed E-state index contributed by atoms with van der Waals surface area (Å²) in [5.74, 6) is 2.31. The van der Waals surface area contributed by atoms with Gasteiger partial charge in [-0.2, -0.15) is 9.97 Å². The monoisotopic (exact) mass is 1050 g/mol. The Morgan fingerprint density at radius 2 is 1.08 bits per heavy atom. The van der Waals surface area contributed by atoms with Crippen molar-refractivity contribution < 1.29 is 28.6 Å². The molecule has 0 spiro atoms. The molecular weight excluding hydrogens is 993 g/mol.